The lowest BCUT2D eigenvalue weighted by atomic mass is 10.0. The average molecular weight is 337 g/mol. The Morgan fingerprint density at radius 2 is 2.00 bits per heavy atom. The second kappa shape index (κ2) is 6.50. The van der Waals surface area contributed by atoms with E-state index >= 15 is 0 Å². The molecule has 4 nitrogen and oxygen atoms in total. The fourth-order valence-corrected chi connectivity index (χ4v) is 5.78. The summed E-state index contributed by atoms with van der Waals surface area (Å²) in [6.45, 7) is 0.534. The predicted molar refractivity (Wildman–Crippen MR) is 87.3 cm³/mol. The van der Waals surface area contributed by atoms with Crippen LogP contribution in [0.2, 0.25) is 0 Å². The molecule has 1 saturated heterocycles. The van der Waals surface area contributed by atoms with Gasteiger partial charge in [-0.3, -0.25) is 0 Å². The van der Waals surface area contributed by atoms with Crippen LogP contribution < -0.4 is 0 Å². The van der Waals surface area contributed by atoms with Crippen LogP contribution in [0.3, 0.4) is 0 Å². The number of thiophene rings is 1. The first-order valence-corrected chi connectivity index (χ1v) is 9.69. The smallest absolute Gasteiger partial charge is 0.252 e. The molecule has 2 atom stereocenters. The van der Waals surface area contributed by atoms with Gasteiger partial charge in [-0.25, -0.2) is 8.42 Å². The van der Waals surface area contributed by atoms with E-state index in [0.29, 0.717) is 17.2 Å². The second-order valence-electron chi connectivity index (χ2n) is 5.51. The van der Waals surface area contributed by atoms with Gasteiger partial charge in [-0.05, 0) is 36.3 Å². The van der Waals surface area contributed by atoms with E-state index in [-0.39, 0.29) is 6.04 Å². The summed E-state index contributed by atoms with van der Waals surface area (Å²) in [4.78, 5) is 0. The molecule has 2 aromatic rings. The predicted octanol–water partition coefficient (Wildman–Crippen LogP) is 3.02. The first-order valence-electron chi connectivity index (χ1n) is 7.37. The van der Waals surface area contributed by atoms with E-state index in [4.69, 9.17) is 0 Å². The molecule has 0 bridgehead atoms. The maximum atomic E-state index is 12.7. The molecule has 22 heavy (non-hydrogen) atoms. The van der Waals surface area contributed by atoms with Crippen LogP contribution in [0.5, 0.6) is 0 Å². The van der Waals surface area contributed by atoms with Crippen molar-refractivity contribution in [2.75, 3.05) is 6.54 Å². The molecule has 0 spiro atoms. The Morgan fingerprint density at radius 1 is 1.23 bits per heavy atom. The van der Waals surface area contributed by atoms with Crippen molar-refractivity contribution in [2.45, 2.75) is 35.6 Å². The van der Waals surface area contributed by atoms with E-state index in [0.717, 1.165) is 18.4 Å². The first kappa shape index (κ1) is 15.7. The summed E-state index contributed by atoms with van der Waals surface area (Å²) in [5, 5.41) is 12.2. The Hall–Kier alpha value is -1.21. The van der Waals surface area contributed by atoms with Crippen molar-refractivity contribution >= 4 is 21.4 Å². The molecule has 6 heteroatoms. The SMILES string of the molecule is O=S(=O)(c1cccs1)N1CCCC1CC(O)c1ccccc1. The summed E-state index contributed by atoms with van der Waals surface area (Å²) in [7, 11) is -3.43. The molecule has 1 aromatic carbocycles. The highest BCUT2D eigenvalue weighted by Crippen LogP contribution is 2.33. The van der Waals surface area contributed by atoms with Crippen LogP contribution in [0.25, 0.3) is 0 Å². The zero-order valence-corrected chi connectivity index (χ0v) is 13.8. The molecule has 0 aliphatic carbocycles. The highest BCUT2D eigenvalue weighted by molar-refractivity contribution is 7.91. The van der Waals surface area contributed by atoms with Crippen molar-refractivity contribution in [3.05, 3.63) is 53.4 Å². The normalized spacial score (nSPS) is 21.0. The fourth-order valence-electron chi connectivity index (χ4n) is 2.96. The van der Waals surface area contributed by atoms with Gasteiger partial charge in [0, 0.05) is 12.6 Å². The Kier molecular flexibility index (Phi) is 4.63. The molecule has 1 N–H and O–H groups in total. The number of benzene rings is 1. The van der Waals surface area contributed by atoms with Crippen molar-refractivity contribution in [1.82, 2.24) is 4.31 Å². The maximum absolute atomic E-state index is 12.7. The lowest BCUT2D eigenvalue weighted by Gasteiger charge is -2.25. The van der Waals surface area contributed by atoms with Crippen LogP contribution in [0, 0.1) is 0 Å². The molecule has 1 aliphatic heterocycles. The second-order valence-corrected chi connectivity index (χ2v) is 8.57. The van der Waals surface area contributed by atoms with Crippen LogP contribution >= 0.6 is 11.3 Å². The number of rotatable bonds is 5. The van der Waals surface area contributed by atoms with Gasteiger partial charge < -0.3 is 5.11 Å². The van der Waals surface area contributed by atoms with Crippen molar-refractivity contribution in [2.24, 2.45) is 0 Å². The van der Waals surface area contributed by atoms with Gasteiger partial charge in [0.05, 0.1) is 6.10 Å². The lowest BCUT2D eigenvalue weighted by Crippen LogP contribution is -2.36. The minimum absolute atomic E-state index is 0.137. The molecular formula is C16H19NO3S2. The summed E-state index contributed by atoms with van der Waals surface area (Å²) >= 11 is 1.24. The molecule has 1 aliphatic rings. The molecule has 2 unspecified atom stereocenters. The molecule has 1 aromatic heterocycles. The number of hydrogen-bond acceptors (Lipinski definition) is 4. The summed E-state index contributed by atoms with van der Waals surface area (Å²) in [5.74, 6) is 0. The summed E-state index contributed by atoms with van der Waals surface area (Å²) in [6, 6.07) is 12.7. The van der Waals surface area contributed by atoms with Crippen LogP contribution in [-0.4, -0.2) is 30.4 Å². The van der Waals surface area contributed by atoms with E-state index in [1.165, 1.54) is 11.3 Å². The quantitative estimate of drug-likeness (QED) is 0.912. The monoisotopic (exact) mass is 337 g/mol. The van der Waals surface area contributed by atoms with Crippen LogP contribution in [0.1, 0.15) is 30.9 Å². The minimum atomic E-state index is -3.43. The molecule has 0 radical (unpaired) electrons. The number of aliphatic hydroxyl groups is 1. The van der Waals surface area contributed by atoms with E-state index < -0.39 is 16.1 Å². The van der Waals surface area contributed by atoms with Gasteiger partial charge >= 0.3 is 0 Å². The molecule has 3 rings (SSSR count). The Bertz CT molecular complexity index is 698. The first-order chi connectivity index (χ1) is 10.6. The topological polar surface area (TPSA) is 57.6 Å². The van der Waals surface area contributed by atoms with Gasteiger partial charge in [-0.1, -0.05) is 36.4 Å². The van der Waals surface area contributed by atoms with Crippen molar-refractivity contribution in [3.63, 3.8) is 0 Å². The minimum Gasteiger partial charge on any atom is -0.388 e. The third-order valence-electron chi connectivity index (χ3n) is 4.06. The van der Waals surface area contributed by atoms with Gasteiger partial charge in [0.1, 0.15) is 4.21 Å². The van der Waals surface area contributed by atoms with Crippen LogP contribution in [0.15, 0.2) is 52.1 Å². The average Bonchev–Trinajstić information content (AvgIpc) is 3.20. The summed E-state index contributed by atoms with van der Waals surface area (Å²) in [5.41, 5.74) is 0.836. The molecule has 0 saturated carbocycles. The number of hydrogen-bond donors (Lipinski definition) is 1. The Morgan fingerprint density at radius 3 is 2.68 bits per heavy atom. The summed E-state index contributed by atoms with van der Waals surface area (Å²) < 4.78 is 27.3. The third-order valence-corrected chi connectivity index (χ3v) is 7.39. The van der Waals surface area contributed by atoms with Crippen molar-refractivity contribution < 1.29 is 13.5 Å². The van der Waals surface area contributed by atoms with E-state index in [1.54, 1.807) is 21.8 Å². The number of nitrogens with zero attached hydrogens (tertiary/aromatic N) is 1. The van der Waals surface area contributed by atoms with E-state index in [9.17, 15) is 13.5 Å². The van der Waals surface area contributed by atoms with Gasteiger partial charge in [0.2, 0.25) is 0 Å². The highest BCUT2D eigenvalue weighted by Gasteiger charge is 2.36. The van der Waals surface area contributed by atoms with Gasteiger partial charge in [-0.2, -0.15) is 4.31 Å². The highest BCUT2D eigenvalue weighted by atomic mass is 32.2. The van der Waals surface area contributed by atoms with Crippen molar-refractivity contribution in [1.29, 1.82) is 0 Å². The van der Waals surface area contributed by atoms with Crippen molar-refractivity contribution in [3.8, 4) is 0 Å². The largest absolute Gasteiger partial charge is 0.388 e. The van der Waals surface area contributed by atoms with E-state index in [2.05, 4.69) is 0 Å². The maximum Gasteiger partial charge on any atom is 0.252 e. The Balaban J connectivity index is 1.77. The molecular weight excluding hydrogens is 318 g/mol. The Labute approximate surface area is 135 Å². The van der Waals surface area contributed by atoms with Crippen LogP contribution in [-0.2, 0) is 10.0 Å². The zero-order chi connectivity index (χ0) is 15.6. The zero-order valence-electron chi connectivity index (χ0n) is 12.1. The van der Waals surface area contributed by atoms with Crippen LogP contribution in [0.4, 0.5) is 0 Å². The number of sulfonamides is 1. The standard InChI is InChI=1S/C16H19NO3S2/c18-15(13-6-2-1-3-7-13)12-14-8-4-10-17(14)22(19,20)16-9-5-11-21-16/h1-3,5-7,9,11,14-15,18H,4,8,10,12H2. The van der Waals surface area contributed by atoms with Gasteiger partial charge in [0.25, 0.3) is 10.0 Å². The molecule has 1 fully saturated rings. The molecule has 0 amide bonds. The lowest BCUT2D eigenvalue weighted by molar-refractivity contribution is 0.142. The van der Waals surface area contributed by atoms with E-state index in [1.807, 2.05) is 30.3 Å². The fraction of sp³-hybridized carbons (Fsp3) is 0.375. The third kappa shape index (κ3) is 3.10. The molecule has 2 heterocycles. The van der Waals surface area contributed by atoms with Gasteiger partial charge in [-0.15, -0.1) is 11.3 Å². The summed E-state index contributed by atoms with van der Waals surface area (Å²) in [6.07, 6.45) is 1.45. The number of aliphatic hydroxyl groups excluding tert-OH is 1. The van der Waals surface area contributed by atoms with Gasteiger partial charge in [0.15, 0.2) is 0 Å². The molecule has 118 valence electrons.